The quantitative estimate of drug-likeness (QED) is 0.0565. The molecule has 5 N–H and O–H groups in total. The van der Waals surface area contributed by atoms with E-state index in [1.807, 2.05) is 19.9 Å². The van der Waals surface area contributed by atoms with E-state index in [0.29, 0.717) is 72.9 Å². The van der Waals surface area contributed by atoms with Gasteiger partial charge in [0.25, 0.3) is 0 Å². The first-order chi connectivity index (χ1) is 28.7. The fraction of sp³-hybridized carbons (Fsp3) is 0.170. The molecule has 0 bridgehead atoms. The number of rotatable bonds is 13. The summed E-state index contributed by atoms with van der Waals surface area (Å²) in [6.07, 6.45) is 9.88. The molecule has 0 radical (unpaired) electrons. The average molecular weight is 829 g/mol. The maximum atomic E-state index is 12.8. The van der Waals surface area contributed by atoms with E-state index in [1.165, 1.54) is 18.2 Å². The molecule has 316 valence electrons. The van der Waals surface area contributed by atoms with Gasteiger partial charge in [-0.2, -0.15) is 0 Å². The summed E-state index contributed by atoms with van der Waals surface area (Å²) in [4.78, 5) is 51.7. The number of benzene rings is 5. The SMILES string of the molecule is C=CCc1cc(F)cc(C=O)c1O.C=CCc1cccc(C=O)c1O.CCCc1cc(F)cc(C=O)c1O.CCCc1cccc(C=O)c1O.O=Cc1cc(F)ccc1O. The van der Waals surface area contributed by atoms with Crippen molar-refractivity contribution in [1.29, 1.82) is 0 Å². The molecule has 0 aromatic heterocycles. The summed E-state index contributed by atoms with van der Waals surface area (Å²) in [5.41, 5.74) is 3.11. The minimum atomic E-state index is -0.531. The Morgan fingerprint density at radius 3 is 1.28 bits per heavy atom. The zero-order valence-electron chi connectivity index (χ0n) is 33.1. The molecule has 0 fully saturated rings. The van der Waals surface area contributed by atoms with Gasteiger partial charge in [-0.25, -0.2) is 13.2 Å². The number of phenolic OH excluding ortho intramolecular Hbond substituents is 5. The van der Waals surface area contributed by atoms with E-state index < -0.39 is 17.5 Å². The van der Waals surface area contributed by atoms with Crippen molar-refractivity contribution in [1.82, 2.24) is 0 Å². The molecule has 5 rings (SSSR count). The Morgan fingerprint density at radius 1 is 0.450 bits per heavy atom. The van der Waals surface area contributed by atoms with E-state index in [4.69, 9.17) is 5.11 Å². The zero-order valence-corrected chi connectivity index (χ0v) is 33.1. The number of aryl methyl sites for hydroxylation is 2. The molecule has 0 heterocycles. The normalized spacial score (nSPS) is 9.62. The highest BCUT2D eigenvalue weighted by atomic mass is 19.1. The molecule has 5 aromatic rings. The van der Waals surface area contributed by atoms with Crippen LogP contribution in [0, 0.1) is 17.5 Å². The van der Waals surface area contributed by atoms with Gasteiger partial charge < -0.3 is 25.5 Å². The molecule has 5 aromatic carbocycles. The summed E-state index contributed by atoms with van der Waals surface area (Å²) in [7, 11) is 0. The molecule has 0 saturated heterocycles. The van der Waals surface area contributed by atoms with Gasteiger partial charge in [-0.3, -0.25) is 24.0 Å². The van der Waals surface area contributed by atoms with Crippen LogP contribution in [0.3, 0.4) is 0 Å². The summed E-state index contributed by atoms with van der Waals surface area (Å²) in [6.45, 7) is 11.0. The first-order valence-electron chi connectivity index (χ1n) is 18.3. The number of carbonyl (C=O) groups excluding carboxylic acids is 5. The zero-order chi connectivity index (χ0) is 45.2. The van der Waals surface area contributed by atoms with Crippen molar-refractivity contribution in [3.63, 3.8) is 0 Å². The standard InChI is InChI=1S/C10H11FO2.C10H9FO2.C10H12O2.C10H10O2.C7H5FO2/c2*1-2-3-7-4-9(11)5-8(6-12)10(7)13;2*1-2-4-8-5-3-6-9(7-11)10(8)12;8-6-1-2-7(10)5(3-6)4-9/h4-6,13H,2-3H2,1H3;2,4-6,13H,1,3H2;3,5-7,12H,2,4H2,1H3;2-3,5-7,12H,1,4H2;1-4,10H. The fourth-order valence-corrected chi connectivity index (χ4v) is 5.13. The highest BCUT2D eigenvalue weighted by Crippen LogP contribution is 2.25. The third-order valence-corrected chi connectivity index (χ3v) is 8.06. The molecule has 10 nitrogen and oxygen atoms in total. The molecular weight excluding hydrogens is 782 g/mol. The molecule has 60 heavy (non-hydrogen) atoms. The Labute approximate surface area is 346 Å². The van der Waals surface area contributed by atoms with Crippen molar-refractivity contribution >= 4 is 31.4 Å². The third kappa shape index (κ3) is 16.3. The van der Waals surface area contributed by atoms with Crippen molar-refractivity contribution in [2.45, 2.75) is 52.4 Å². The molecule has 13 heteroatoms. The number of aldehydes is 5. The number of carbonyl (C=O) groups is 5. The van der Waals surface area contributed by atoms with E-state index >= 15 is 0 Å². The first kappa shape index (κ1) is 50.7. The van der Waals surface area contributed by atoms with Crippen molar-refractivity contribution in [3.8, 4) is 28.7 Å². The summed E-state index contributed by atoms with van der Waals surface area (Å²) in [6, 6.07) is 18.0. The van der Waals surface area contributed by atoms with Crippen LogP contribution in [0.1, 0.15) is 101 Å². The molecular formula is C47H47F3O10. The van der Waals surface area contributed by atoms with Crippen LogP contribution < -0.4 is 0 Å². The van der Waals surface area contributed by atoms with Gasteiger partial charge in [0.1, 0.15) is 46.2 Å². The molecule has 0 spiro atoms. The second kappa shape index (κ2) is 27.4. The van der Waals surface area contributed by atoms with Gasteiger partial charge in [-0.05, 0) is 97.0 Å². The third-order valence-electron chi connectivity index (χ3n) is 8.06. The highest BCUT2D eigenvalue weighted by molar-refractivity contribution is 5.82. The monoisotopic (exact) mass is 828 g/mol. The van der Waals surface area contributed by atoms with Crippen LogP contribution in [0.5, 0.6) is 28.7 Å². The number of aromatic hydroxyl groups is 5. The van der Waals surface area contributed by atoms with E-state index in [0.717, 1.165) is 60.7 Å². The molecule has 0 unspecified atom stereocenters. The Bertz CT molecular complexity index is 2230. The minimum absolute atomic E-state index is 0.0171. The smallest absolute Gasteiger partial charge is 0.153 e. The van der Waals surface area contributed by atoms with Crippen molar-refractivity contribution in [3.05, 3.63) is 172 Å². The highest BCUT2D eigenvalue weighted by Gasteiger charge is 2.10. The van der Waals surface area contributed by atoms with Crippen LogP contribution >= 0.6 is 0 Å². The molecule has 0 saturated carbocycles. The summed E-state index contributed by atoms with van der Waals surface area (Å²) < 4.78 is 37.9. The number of hydrogen-bond acceptors (Lipinski definition) is 10. The number of halogens is 3. The second-order valence-electron chi connectivity index (χ2n) is 12.5. The van der Waals surface area contributed by atoms with E-state index in [2.05, 4.69) is 13.2 Å². The number of phenols is 5. The number of allylic oxidation sites excluding steroid dienone is 2. The molecule has 0 amide bonds. The Balaban J connectivity index is 0.000000376. The topological polar surface area (TPSA) is 186 Å². The van der Waals surface area contributed by atoms with Crippen LogP contribution in [0.4, 0.5) is 13.2 Å². The minimum Gasteiger partial charge on any atom is -0.507 e. The van der Waals surface area contributed by atoms with E-state index in [1.54, 1.807) is 36.4 Å². The predicted molar refractivity (Wildman–Crippen MR) is 223 cm³/mol. The predicted octanol–water partition coefficient (Wildman–Crippen LogP) is 9.80. The Hall–Kier alpha value is -7.28. The van der Waals surface area contributed by atoms with Crippen molar-refractivity contribution in [2.24, 2.45) is 0 Å². The number of hydrogen-bond donors (Lipinski definition) is 5. The van der Waals surface area contributed by atoms with Gasteiger partial charge in [0, 0.05) is 5.56 Å². The molecule has 0 aliphatic carbocycles. The van der Waals surface area contributed by atoms with Gasteiger partial charge >= 0.3 is 0 Å². The number of para-hydroxylation sites is 2. The van der Waals surface area contributed by atoms with Crippen LogP contribution in [0.2, 0.25) is 0 Å². The largest absolute Gasteiger partial charge is 0.507 e. The van der Waals surface area contributed by atoms with Crippen LogP contribution in [-0.4, -0.2) is 57.0 Å². The van der Waals surface area contributed by atoms with Gasteiger partial charge in [-0.15, -0.1) is 13.2 Å². The lowest BCUT2D eigenvalue weighted by Crippen LogP contribution is -1.92. The van der Waals surface area contributed by atoms with Crippen LogP contribution in [0.25, 0.3) is 0 Å². The lowest BCUT2D eigenvalue weighted by molar-refractivity contribution is 0.111. The Morgan fingerprint density at radius 2 is 0.833 bits per heavy atom. The van der Waals surface area contributed by atoms with Gasteiger partial charge in [0.2, 0.25) is 0 Å². The Kier molecular flexibility index (Phi) is 23.1. The van der Waals surface area contributed by atoms with Gasteiger partial charge in [0.05, 0.1) is 27.8 Å². The average Bonchev–Trinajstić information content (AvgIpc) is 3.24. The van der Waals surface area contributed by atoms with Crippen molar-refractivity contribution in [2.75, 3.05) is 0 Å². The summed E-state index contributed by atoms with van der Waals surface area (Å²) in [5, 5.41) is 46.6. The lowest BCUT2D eigenvalue weighted by atomic mass is 10.1. The maximum Gasteiger partial charge on any atom is 0.153 e. The maximum absolute atomic E-state index is 12.8. The first-order valence-corrected chi connectivity index (χ1v) is 18.3. The van der Waals surface area contributed by atoms with Crippen molar-refractivity contribution < 1.29 is 62.7 Å². The molecule has 0 aliphatic rings. The van der Waals surface area contributed by atoms with Crippen LogP contribution in [-0.2, 0) is 25.7 Å². The molecule has 0 aliphatic heterocycles. The summed E-state index contributed by atoms with van der Waals surface area (Å²) in [5.74, 6) is -1.81. The van der Waals surface area contributed by atoms with Gasteiger partial charge in [0.15, 0.2) is 31.4 Å². The lowest BCUT2D eigenvalue weighted by Gasteiger charge is -2.04. The summed E-state index contributed by atoms with van der Waals surface area (Å²) >= 11 is 0. The molecule has 0 atom stereocenters. The van der Waals surface area contributed by atoms with Gasteiger partial charge in [-0.1, -0.05) is 63.1 Å². The fourth-order valence-electron chi connectivity index (χ4n) is 5.13. The van der Waals surface area contributed by atoms with Crippen LogP contribution in [0.15, 0.2) is 104 Å². The van der Waals surface area contributed by atoms with E-state index in [9.17, 15) is 57.6 Å². The van der Waals surface area contributed by atoms with E-state index in [-0.39, 0.29) is 45.4 Å². The second-order valence-corrected chi connectivity index (χ2v) is 12.5.